The van der Waals surface area contributed by atoms with Crippen LogP contribution in [0.3, 0.4) is 0 Å². The normalized spacial score (nSPS) is 11.4. The van der Waals surface area contributed by atoms with Gasteiger partial charge in [0, 0.05) is 21.7 Å². The molecule has 7 heteroatoms. The highest BCUT2D eigenvalue weighted by molar-refractivity contribution is 9.10. The summed E-state index contributed by atoms with van der Waals surface area (Å²) in [7, 11) is -2.15. The number of benzene rings is 2. The van der Waals surface area contributed by atoms with Crippen molar-refractivity contribution in [3.8, 4) is 5.75 Å². The van der Waals surface area contributed by atoms with Crippen LogP contribution in [0.1, 0.15) is 0 Å². The molecule has 0 atom stereocenters. The van der Waals surface area contributed by atoms with Crippen LogP contribution in [0.25, 0.3) is 0 Å². The summed E-state index contributed by atoms with van der Waals surface area (Å²) in [5.74, 6) is 0.978. The number of sulfonamides is 1. The number of hydrogen-bond acceptors (Lipinski definition) is 4. The van der Waals surface area contributed by atoms with Crippen LogP contribution < -0.4 is 9.46 Å². The van der Waals surface area contributed by atoms with Gasteiger partial charge in [0.1, 0.15) is 10.6 Å². The van der Waals surface area contributed by atoms with E-state index in [0.717, 1.165) is 4.90 Å². The van der Waals surface area contributed by atoms with Crippen LogP contribution in [0.5, 0.6) is 5.75 Å². The van der Waals surface area contributed by atoms with E-state index >= 15 is 0 Å². The quantitative estimate of drug-likeness (QED) is 0.569. The highest BCUT2D eigenvalue weighted by atomic mass is 79.9. The monoisotopic (exact) mass is 401 g/mol. The first-order valence-electron chi connectivity index (χ1n) is 6.54. The Labute approximate surface area is 143 Å². The molecule has 4 nitrogen and oxygen atoms in total. The summed E-state index contributed by atoms with van der Waals surface area (Å²) >= 11 is 4.88. The van der Waals surface area contributed by atoms with Crippen molar-refractivity contribution in [2.75, 3.05) is 19.4 Å². The number of rotatable bonds is 7. The molecule has 0 spiro atoms. The second kappa shape index (κ2) is 8.01. The third-order valence-corrected chi connectivity index (χ3v) is 5.81. The van der Waals surface area contributed by atoms with Gasteiger partial charge < -0.3 is 4.74 Å². The summed E-state index contributed by atoms with van der Waals surface area (Å²) in [5, 5.41) is 0. The molecule has 0 unspecified atom stereocenters. The van der Waals surface area contributed by atoms with E-state index in [1.54, 1.807) is 23.9 Å². The van der Waals surface area contributed by atoms with Gasteiger partial charge in [-0.15, -0.1) is 11.8 Å². The van der Waals surface area contributed by atoms with Crippen molar-refractivity contribution in [3.63, 3.8) is 0 Å². The van der Waals surface area contributed by atoms with Gasteiger partial charge in [-0.2, -0.15) is 0 Å². The molecular formula is C15H16BrNO3S2. The zero-order valence-corrected chi connectivity index (χ0v) is 15.2. The Hall–Kier alpha value is -1.02. The molecule has 0 bridgehead atoms. The van der Waals surface area contributed by atoms with E-state index in [4.69, 9.17) is 4.74 Å². The molecule has 1 N–H and O–H groups in total. The zero-order valence-electron chi connectivity index (χ0n) is 12.0. The largest absolute Gasteiger partial charge is 0.495 e. The Kier molecular flexibility index (Phi) is 6.31. The van der Waals surface area contributed by atoms with Crippen molar-refractivity contribution in [1.29, 1.82) is 0 Å². The van der Waals surface area contributed by atoms with Crippen molar-refractivity contribution in [2.24, 2.45) is 0 Å². The van der Waals surface area contributed by atoms with Crippen LogP contribution >= 0.6 is 27.7 Å². The van der Waals surface area contributed by atoms with Gasteiger partial charge in [0.15, 0.2) is 0 Å². The first-order valence-corrected chi connectivity index (χ1v) is 9.80. The van der Waals surface area contributed by atoms with E-state index in [1.807, 2.05) is 30.3 Å². The van der Waals surface area contributed by atoms with Gasteiger partial charge >= 0.3 is 0 Å². The molecule has 22 heavy (non-hydrogen) atoms. The fraction of sp³-hybridized carbons (Fsp3) is 0.200. The van der Waals surface area contributed by atoms with Gasteiger partial charge in [-0.1, -0.05) is 34.1 Å². The molecule has 0 aliphatic carbocycles. The lowest BCUT2D eigenvalue weighted by molar-refractivity contribution is 0.402. The van der Waals surface area contributed by atoms with E-state index in [1.165, 1.54) is 13.2 Å². The molecule has 0 aliphatic heterocycles. The number of halogens is 1. The summed E-state index contributed by atoms with van der Waals surface area (Å²) in [4.78, 5) is 1.25. The Morgan fingerprint density at radius 2 is 1.91 bits per heavy atom. The number of ether oxygens (including phenoxy) is 1. The fourth-order valence-electron chi connectivity index (χ4n) is 1.80. The average Bonchev–Trinajstić information content (AvgIpc) is 2.52. The van der Waals surface area contributed by atoms with Crippen LogP contribution in [-0.4, -0.2) is 27.8 Å². The van der Waals surface area contributed by atoms with E-state index in [0.29, 0.717) is 22.5 Å². The summed E-state index contributed by atoms with van der Waals surface area (Å²) < 4.78 is 33.1. The predicted molar refractivity (Wildman–Crippen MR) is 93.0 cm³/mol. The van der Waals surface area contributed by atoms with Crippen molar-refractivity contribution in [1.82, 2.24) is 4.72 Å². The van der Waals surface area contributed by atoms with E-state index in [2.05, 4.69) is 20.7 Å². The number of thioether (sulfide) groups is 1. The molecule has 0 aliphatic rings. The smallest absolute Gasteiger partial charge is 0.244 e. The minimum atomic E-state index is -3.60. The maximum absolute atomic E-state index is 12.4. The van der Waals surface area contributed by atoms with Gasteiger partial charge in [-0.25, -0.2) is 13.1 Å². The van der Waals surface area contributed by atoms with Gasteiger partial charge in [-0.05, 0) is 30.3 Å². The zero-order chi connectivity index (χ0) is 16.0. The molecule has 0 fully saturated rings. The van der Waals surface area contributed by atoms with Crippen molar-refractivity contribution >= 4 is 37.7 Å². The van der Waals surface area contributed by atoms with Crippen molar-refractivity contribution in [2.45, 2.75) is 9.79 Å². The van der Waals surface area contributed by atoms with Crippen LogP contribution in [0.2, 0.25) is 0 Å². The lowest BCUT2D eigenvalue weighted by atomic mass is 10.3. The topological polar surface area (TPSA) is 55.4 Å². The SMILES string of the molecule is COc1ccc(Br)cc1S(=O)(=O)NCCSc1ccccc1. The Balaban J connectivity index is 1.98. The van der Waals surface area contributed by atoms with Crippen LogP contribution in [0.4, 0.5) is 0 Å². The minimum absolute atomic E-state index is 0.133. The lowest BCUT2D eigenvalue weighted by Gasteiger charge is -2.11. The van der Waals surface area contributed by atoms with E-state index < -0.39 is 10.0 Å². The summed E-state index contributed by atoms with van der Waals surface area (Å²) in [6, 6.07) is 14.8. The molecule has 0 saturated carbocycles. The second-order valence-electron chi connectivity index (χ2n) is 4.35. The van der Waals surface area contributed by atoms with Crippen molar-refractivity contribution in [3.05, 3.63) is 53.0 Å². The van der Waals surface area contributed by atoms with Crippen LogP contribution in [0.15, 0.2) is 62.8 Å². The standard InChI is InChI=1S/C15H16BrNO3S2/c1-20-14-8-7-12(16)11-15(14)22(18,19)17-9-10-21-13-5-3-2-4-6-13/h2-8,11,17H,9-10H2,1H3. The highest BCUT2D eigenvalue weighted by Gasteiger charge is 2.19. The molecule has 0 saturated heterocycles. The Morgan fingerprint density at radius 1 is 1.18 bits per heavy atom. The van der Waals surface area contributed by atoms with E-state index in [-0.39, 0.29) is 4.90 Å². The molecule has 0 heterocycles. The van der Waals surface area contributed by atoms with Crippen LogP contribution in [-0.2, 0) is 10.0 Å². The Morgan fingerprint density at radius 3 is 2.59 bits per heavy atom. The van der Waals surface area contributed by atoms with Crippen LogP contribution in [0, 0.1) is 0 Å². The maximum Gasteiger partial charge on any atom is 0.244 e. The Bertz CT molecular complexity index is 721. The van der Waals surface area contributed by atoms with Crippen molar-refractivity contribution < 1.29 is 13.2 Å². The molecule has 2 aromatic carbocycles. The van der Waals surface area contributed by atoms with Gasteiger partial charge in [0.2, 0.25) is 10.0 Å². The number of nitrogens with one attached hydrogen (secondary N) is 1. The third kappa shape index (κ3) is 4.74. The number of hydrogen-bond donors (Lipinski definition) is 1. The van der Waals surface area contributed by atoms with Gasteiger partial charge in [0.05, 0.1) is 7.11 Å². The molecule has 0 amide bonds. The first kappa shape index (κ1) is 17.3. The molecule has 2 aromatic rings. The molecule has 2 rings (SSSR count). The predicted octanol–water partition coefficient (Wildman–Crippen LogP) is 3.53. The first-order chi connectivity index (χ1) is 10.5. The van der Waals surface area contributed by atoms with E-state index in [9.17, 15) is 8.42 Å². The summed E-state index contributed by atoms with van der Waals surface area (Å²) in [6.07, 6.45) is 0. The van der Waals surface area contributed by atoms with Gasteiger partial charge in [0.25, 0.3) is 0 Å². The maximum atomic E-state index is 12.4. The molecule has 0 radical (unpaired) electrons. The average molecular weight is 402 g/mol. The fourth-order valence-corrected chi connectivity index (χ4v) is 4.46. The summed E-state index contributed by atoms with van der Waals surface area (Å²) in [6.45, 7) is 0.345. The second-order valence-corrected chi connectivity index (χ2v) is 8.17. The van der Waals surface area contributed by atoms with Gasteiger partial charge in [-0.3, -0.25) is 0 Å². The minimum Gasteiger partial charge on any atom is -0.495 e. The number of methoxy groups -OCH3 is 1. The highest BCUT2D eigenvalue weighted by Crippen LogP contribution is 2.27. The lowest BCUT2D eigenvalue weighted by Crippen LogP contribution is -2.26. The molecule has 118 valence electrons. The third-order valence-electron chi connectivity index (χ3n) is 2.82. The molecule has 0 aromatic heterocycles. The molecular weight excluding hydrogens is 386 g/mol. The summed E-state index contributed by atoms with van der Waals surface area (Å²) in [5.41, 5.74) is 0.